The molecule has 0 saturated heterocycles. The van der Waals surface area contributed by atoms with Crippen LogP contribution in [0.5, 0.6) is 0 Å². The number of hydrogen-bond acceptors (Lipinski definition) is 3. The fourth-order valence-electron chi connectivity index (χ4n) is 1.35. The zero-order valence-corrected chi connectivity index (χ0v) is 9.78. The first-order valence-corrected chi connectivity index (χ1v) is 5.26. The minimum atomic E-state index is -0.501. The van der Waals surface area contributed by atoms with Gasteiger partial charge in [0.15, 0.2) is 0 Å². The van der Waals surface area contributed by atoms with Crippen LogP contribution in [0.2, 0.25) is 0 Å². The second-order valence-corrected chi connectivity index (χ2v) is 4.92. The van der Waals surface area contributed by atoms with Crippen molar-refractivity contribution < 1.29 is 9.53 Å². The summed E-state index contributed by atoms with van der Waals surface area (Å²) in [7, 11) is 0. The molecule has 4 nitrogen and oxygen atoms in total. The lowest BCUT2D eigenvalue weighted by molar-refractivity contribution is 0.0199. The maximum Gasteiger partial charge on any atom is 0.411 e. The highest BCUT2D eigenvalue weighted by molar-refractivity contribution is 5.69. The van der Waals surface area contributed by atoms with Gasteiger partial charge in [-0.05, 0) is 40.5 Å². The van der Waals surface area contributed by atoms with Gasteiger partial charge in [0.05, 0.1) is 6.07 Å². The maximum atomic E-state index is 11.8. The van der Waals surface area contributed by atoms with Gasteiger partial charge in [-0.25, -0.2) is 4.79 Å². The minimum Gasteiger partial charge on any atom is -0.444 e. The van der Waals surface area contributed by atoms with E-state index in [9.17, 15) is 4.79 Å². The Morgan fingerprint density at radius 3 is 2.40 bits per heavy atom. The molecular formula is C11H18N2O2. The smallest absolute Gasteiger partial charge is 0.411 e. The second-order valence-electron chi connectivity index (χ2n) is 4.92. The van der Waals surface area contributed by atoms with Crippen LogP contribution in [0.1, 0.15) is 40.5 Å². The molecule has 0 aromatic carbocycles. The fourth-order valence-corrected chi connectivity index (χ4v) is 1.35. The zero-order valence-electron chi connectivity index (χ0n) is 9.78. The summed E-state index contributed by atoms with van der Waals surface area (Å²) < 4.78 is 5.26. The fraction of sp³-hybridized carbons (Fsp3) is 0.818. The van der Waals surface area contributed by atoms with E-state index in [0.717, 1.165) is 12.8 Å². The summed E-state index contributed by atoms with van der Waals surface area (Å²) in [5, 5.41) is 8.83. The number of ether oxygens (including phenoxy) is 1. The van der Waals surface area contributed by atoms with Gasteiger partial charge < -0.3 is 4.74 Å². The van der Waals surface area contributed by atoms with Crippen LogP contribution in [0.15, 0.2) is 0 Å². The van der Waals surface area contributed by atoms with E-state index in [-0.39, 0.29) is 12.1 Å². The van der Waals surface area contributed by atoms with Crippen LogP contribution >= 0.6 is 0 Å². The van der Waals surface area contributed by atoms with E-state index >= 15 is 0 Å². The van der Waals surface area contributed by atoms with Crippen molar-refractivity contribution in [3.63, 3.8) is 0 Å². The highest BCUT2D eigenvalue weighted by Crippen LogP contribution is 2.30. The second kappa shape index (κ2) is 4.09. The number of amides is 1. The van der Waals surface area contributed by atoms with Crippen molar-refractivity contribution in [2.75, 3.05) is 0 Å². The van der Waals surface area contributed by atoms with Crippen LogP contribution in [0.4, 0.5) is 4.79 Å². The number of rotatable bonds is 2. The average Bonchev–Trinajstić information content (AvgIpc) is 2.85. The van der Waals surface area contributed by atoms with Crippen molar-refractivity contribution >= 4 is 6.09 Å². The van der Waals surface area contributed by atoms with Gasteiger partial charge in [-0.15, -0.1) is 0 Å². The van der Waals surface area contributed by atoms with Crippen LogP contribution < -0.4 is 0 Å². The van der Waals surface area contributed by atoms with E-state index in [1.165, 1.54) is 0 Å². The Morgan fingerprint density at radius 2 is 2.07 bits per heavy atom. The monoisotopic (exact) mass is 210 g/mol. The Kier molecular flexibility index (Phi) is 3.23. The van der Waals surface area contributed by atoms with Gasteiger partial charge >= 0.3 is 6.09 Å². The van der Waals surface area contributed by atoms with Gasteiger partial charge in [0.25, 0.3) is 0 Å². The molecule has 1 fully saturated rings. The number of carbonyl (C=O) groups is 1. The number of carbonyl (C=O) groups excluding carboxylic acids is 1. The predicted molar refractivity (Wildman–Crippen MR) is 56.2 cm³/mol. The number of nitriles is 1. The van der Waals surface area contributed by atoms with Gasteiger partial charge in [0, 0.05) is 6.04 Å². The van der Waals surface area contributed by atoms with Gasteiger partial charge in [0.2, 0.25) is 0 Å². The summed E-state index contributed by atoms with van der Waals surface area (Å²) in [6.07, 6.45) is 1.58. The number of nitrogens with zero attached hydrogens (tertiary/aromatic N) is 2. The summed E-state index contributed by atoms with van der Waals surface area (Å²) in [6, 6.07) is 1.87. The van der Waals surface area contributed by atoms with E-state index < -0.39 is 11.6 Å². The van der Waals surface area contributed by atoms with Crippen LogP contribution in [0.25, 0.3) is 0 Å². The molecule has 0 spiro atoms. The molecule has 1 rings (SSSR count). The van der Waals surface area contributed by atoms with Crippen LogP contribution in [-0.2, 0) is 4.74 Å². The molecule has 0 N–H and O–H groups in total. The van der Waals surface area contributed by atoms with E-state index in [1.54, 1.807) is 11.8 Å². The predicted octanol–water partition coefficient (Wildman–Crippen LogP) is 2.30. The van der Waals surface area contributed by atoms with E-state index in [4.69, 9.17) is 10.00 Å². The lowest BCUT2D eigenvalue weighted by atomic mass is 10.2. The molecule has 1 aliphatic rings. The molecule has 1 unspecified atom stereocenters. The maximum absolute atomic E-state index is 11.8. The zero-order chi connectivity index (χ0) is 11.6. The molecule has 0 radical (unpaired) electrons. The Bertz CT molecular complexity index is 284. The third kappa shape index (κ3) is 3.43. The molecule has 0 bridgehead atoms. The summed E-state index contributed by atoms with van der Waals surface area (Å²) in [4.78, 5) is 13.3. The van der Waals surface area contributed by atoms with Crippen molar-refractivity contribution in [1.82, 2.24) is 4.90 Å². The molecule has 1 saturated carbocycles. The third-order valence-electron chi connectivity index (χ3n) is 2.15. The van der Waals surface area contributed by atoms with E-state index in [0.29, 0.717) is 0 Å². The largest absolute Gasteiger partial charge is 0.444 e. The van der Waals surface area contributed by atoms with Gasteiger partial charge in [0.1, 0.15) is 11.6 Å². The molecule has 0 aromatic rings. The van der Waals surface area contributed by atoms with E-state index in [1.807, 2.05) is 20.8 Å². The van der Waals surface area contributed by atoms with Gasteiger partial charge in [-0.3, -0.25) is 4.90 Å². The van der Waals surface area contributed by atoms with Crippen LogP contribution in [-0.4, -0.2) is 28.7 Å². The van der Waals surface area contributed by atoms with Gasteiger partial charge in [-0.2, -0.15) is 5.26 Å². The highest BCUT2D eigenvalue weighted by Gasteiger charge is 2.38. The Labute approximate surface area is 90.8 Å². The Hall–Kier alpha value is -1.24. The molecule has 1 amide bonds. The topological polar surface area (TPSA) is 53.3 Å². The first kappa shape index (κ1) is 11.8. The normalized spacial score (nSPS) is 17.8. The SMILES string of the molecule is CC(C#N)N(C(=O)OC(C)(C)C)C1CC1. The Balaban J connectivity index is 2.65. The molecule has 84 valence electrons. The molecule has 15 heavy (non-hydrogen) atoms. The first-order valence-electron chi connectivity index (χ1n) is 5.26. The van der Waals surface area contributed by atoms with Crippen molar-refractivity contribution in [2.45, 2.75) is 58.2 Å². The quantitative estimate of drug-likeness (QED) is 0.702. The molecule has 0 aliphatic heterocycles. The molecule has 0 heterocycles. The minimum absolute atomic E-state index is 0.203. The number of hydrogen-bond donors (Lipinski definition) is 0. The summed E-state index contributed by atoms with van der Waals surface area (Å²) >= 11 is 0. The van der Waals surface area contributed by atoms with Crippen molar-refractivity contribution in [1.29, 1.82) is 5.26 Å². The lowest BCUT2D eigenvalue weighted by Gasteiger charge is -2.28. The van der Waals surface area contributed by atoms with Crippen LogP contribution in [0.3, 0.4) is 0 Å². The molecular weight excluding hydrogens is 192 g/mol. The van der Waals surface area contributed by atoms with Crippen LogP contribution in [0, 0.1) is 11.3 Å². The van der Waals surface area contributed by atoms with E-state index in [2.05, 4.69) is 6.07 Å². The standard InChI is InChI=1S/C11H18N2O2/c1-8(7-12)13(9-5-6-9)10(14)15-11(2,3)4/h8-9H,5-6H2,1-4H3. The van der Waals surface area contributed by atoms with Crippen molar-refractivity contribution in [3.05, 3.63) is 0 Å². The summed E-state index contributed by atoms with van der Waals surface area (Å²) in [5.74, 6) is 0. The highest BCUT2D eigenvalue weighted by atomic mass is 16.6. The van der Waals surface area contributed by atoms with Gasteiger partial charge in [-0.1, -0.05) is 0 Å². The average molecular weight is 210 g/mol. The lowest BCUT2D eigenvalue weighted by Crippen LogP contribution is -2.43. The Morgan fingerprint density at radius 1 is 1.53 bits per heavy atom. The third-order valence-corrected chi connectivity index (χ3v) is 2.15. The molecule has 4 heteroatoms. The molecule has 1 aliphatic carbocycles. The molecule has 0 aromatic heterocycles. The van der Waals surface area contributed by atoms with Crippen molar-refractivity contribution in [3.8, 4) is 6.07 Å². The summed E-state index contributed by atoms with van der Waals surface area (Å²) in [5.41, 5.74) is -0.501. The van der Waals surface area contributed by atoms with Crippen molar-refractivity contribution in [2.24, 2.45) is 0 Å². The first-order chi connectivity index (χ1) is 6.85. The summed E-state index contributed by atoms with van der Waals surface area (Å²) in [6.45, 7) is 7.20. The molecule has 1 atom stereocenters.